The van der Waals surface area contributed by atoms with Gasteiger partial charge in [0, 0.05) is 11.6 Å². The average Bonchev–Trinajstić information content (AvgIpc) is 2.75. The molecule has 0 spiro atoms. The molecule has 1 heterocycles. The molecule has 0 fully saturated rings. The Bertz CT molecular complexity index is 607. The van der Waals surface area contributed by atoms with Gasteiger partial charge in [0.1, 0.15) is 5.82 Å². The molecule has 1 aromatic carbocycles. The van der Waals surface area contributed by atoms with E-state index < -0.39 is 0 Å². The lowest BCUT2D eigenvalue weighted by Crippen LogP contribution is -2.23. The van der Waals surface area contributed by atoms with Crippen molar-refractivity contribution < 1.29 is 4.39 Å². The molecule has 0 aliphatic rings. The second kappa shape index (κ2) is 6.06. The van der Waals surface area contributed by atoms with Crippen molar-refractivity contribution in [2.24, 2.45) is 0 Å². The van der Waals surface area contributed by atoms with E-state index in [1.807, 2.05) is 30.8 Å². The zero-order valence-corrected chi connectivity index (χ0v) is 13.7. The van der Waals surface area contributed by atoms with Crippen LogP contribution in [0.3, 0.4) is 0 Å². The molecule has 0 bridgehead atoms. The van der Waals surface area contributed by atoms with Crippen LogP contribution in [0.25, 0.3) is 0 Å². The van der Waals surface area contributed by atoms with E-state index in [1.54, 1.807) is 12.3 Å². The van der Waals surface area contributed by atoms with Crippen LogP contribution in [-0.4, -0.2) is 16.8 Å². The summed E-state index contributed by atoms with van der Waals surface area (Å²) in [6.07, 6.45) is 1.76. The summed E-state index contributed by atoms with van der Waals surface area (Å²) < 4.78 is 17.0. The van der Waals surface area contributed by atoms with Crippen molar-refractivity contribution in [2.75, 3.05) is 7.05 Å². The van der Waals surface area contributed by atoms with Crippen LogP contribution >= 0.6 is 15.9 Å². The monoisotopic (exact) mass is 339 g/mol. The van der Waals surface area contributed by atoms with Crippen molar-refractivity contribution in [3.63, 3.8) is 0 Å². The van der Waals surface area contributed by atoms with Gasteiger partial charge in [-0.2, -0.15) is 5.10 Å². The third-order valence-electron chi connectivity index (χ3n) is 3.31. The minimum Gasteiger partial charge on any atom is -0.308 e. The molecular formula is C15H19BrFN3. The van der Waals surface area contributed by atoms with Gasteiger partial charge in [-0.1, -0.05) is 12.1 Å². The lowest BCUT2D eigenvalue weighted by molar-refractivity contribution is 0.475. The van der Waals surface area contributed by atoms with E-state index in [0.29, 0.717) is 5.56 Å². The zero-order chi connectivity index (χ0) is 14.9. The van der Waals surface area contributed by atoms with Crippen molar-refractivity contribution in [3.05, 3.63) is 51.5 Å². The highest BCUT2D eigenvalue weighted by atomic mass is 79.9. The van der Waals surface area contributed by atoms with Crippen molar-refractivity contribution in [3.8, 4) is 0 Å². The molecule has 2 aromatic rings. The highest BCUT2D eigenvalue weighted by Gasteiger charge is 2.24. The van der Waals surface area contributed by atoms with E-state index in [0.717, 1.165) is 15.7 Å². The number of nitrogens with one attached hydrogen (secondary N) is 1. The van der Waals surface area contributed by atoms with Crippen molar-refractivity contribution in [1.29, 1.82) is 0 Å². The summed E-state index contributed by atoms with van der Waals surface area (Å²) in [5.41, 5.74) is 2.48. The first-order valence-electron chi connectivity index (χ1n) is 6.62. The second-order valence-electron chi connectivity index (χ2n) is 5.16. The van der Waals surface area contributed by atoms with Crippen molar-refractivity contribution in [2.45, 2.75) is 32.9 Å². The topological polar surface area (TPSA) is 29.9 Å². The molecule has 1 aromatic heterocycles. The smallest absolute Gasteiger partial charge is 0.128 e. The molecule has 1 atom stereocenters. The van der Waals surface area contributed by atoms with Crippen LogP contribution in [0, 0.1) is 12.7 Å². The molecule has 2 rings (SSSR count). The summed E-state index contributed by atoms with van der Waals surface area (Å²) in [6.45, 7) is 6.00. The number of nitrogens with zero attached hydrogens (tertiary/aromatic N) is 2. The van der Waals surface area contributed by atoms with Gasteiger partial charge in [0.05, 0.1) is 22.4 Å². The quantitative estimate of drug-likeness (QED) is 0.912. The Morgan fingerprint density at radius 1 is 1.35 bits per heavy atom. The number of aryl methyl sites for hydroxylation is 1. The minimum absolute atomic E-state index is 0.201. The zero-order valence-electron chi connectivity index (χ0n) is 12.1. The number of halogens is 2. The number of aromatic nitrogens is 2. The Morgan fingerprint density at radius 3 is 2.60 bits per heavy atom. The first-order chi connectivity index (χ1) is 9.45. The predicted octanol–water partition coefficient (Wildman–Crippen LogP) is 3.98. The van der Waals surface area contributed by atoms with Crippen LogP contribution in [0.15, 0.2) is 28.9 Å². The maximum absolute atomic E-state index is 14.3. The van der Waals surface area contributed by atoms with E-state index in [1.165, 1.54) is 0 Å². The van der Waals surface area contributed by atoms with Crippen molar-refractivity contribution in [1.82, 2.24) is 15.1 Å². The fourth-order valence-corrected chi connectivity index (χ4v) is 2.84. The van der Waals surface area contributed by atoms with Crippen LogP contribution in [0.5, 0.6) is 0 Å². The third kappa shape index (κ3) is 2.79. The molecule has 0 amide bonds. The highest BCUT2D eigenvalue weighted by molar-refractivity contribution is 9.10. The molecule has 3 nitrogen and oxygen atoms in total. The average molecular weight is 340 g/mol. The van der Waals surface area contributed by atoms with Crippen molar-refractivity contribution >= 4 is 15.9 Å². The third-order valence-corrected chi connectivity index (χ3v) is 3.92. The summed E-state index contributed by atoms with van der Waals surface area (Å²) in [4.78, 5) is 0. The maximum Gasteiger partial charge on any atom is 0.128 e. The van der Waals surface area contributed by atoms with Gasteiger partial charge in [-0.05, 0) is 55.4 Å². The molecule has 0 radical (unpaired) electrons. The lowest BCUT2D eigenvalue weighted by atomic mass is 10.0. The number of rotatable bonds is 4. The van der Waals surface area contributed by atoms with Crippen LogP contribution < -0.4 is 5.32 Å². The second-order valence-corrected chi connectivity index (χ2v) is 6.02. The van der Waals surface area contributed by atoms with E-state index in [4.69, 9.17) is 0 Å². The maximum atomic E-state index is 14.3. The Hall–Kier alpha value is -1.20. The summed E-state index contributed by atoms with van der Waals surface area (Å²) in [5.74, 6) is -0.201. The molecule has 0 aliphatic carbocycles. The molecule has 0 saturated carbocycles. The number of benzene rings is 1. The van der Waals surface area contributed by atoms with E-state index >= 15 is 0 Å². The SMILES string of the molecule is CNC(c1ccc(C)cc1F)c1c(Br)cnn1C(C)C. The molecule has 5 heteroatoms. The molecular weight excluding hydrogens is 321 g/mol. The Morgan fingerprint density at radius 2 is 2.05 bits per heavy atom. The summed E-state index contributed by atoms with van der Waals surface area (Å²) in [5, 5.41) is 7.55. The highest BCUT2D eigenvalue weighted by Crippen LogP contribution is 2.31. The van der Waals surface area contributed by atoms with Crippen LogP contribution in [0.1, 0.15) is 42.8 Å². The predicted molar refractivity (Wildman–Crippen MR) is 82.4 cm³/mol. The first kappa shape index (κ1) is 15.2. The molecule has 0 saturated heterocycles. The van der Waals surface area contributed by atoms with Gasteiger partial charge in [-0.15, -0.1) is 0 Å². The summed E-state index contributed by atoms with van der Waals surface area (Å²) >= 11 is 3.52. The fraction of sp³-hybridized carbons (Fsp3) is 0.400. The lowest BCUT2D eigenvalue weighted by Gasteiger charge is -2.21. The van der Waals surface area contributed by atoms with E-state index in [9.17, 15) is 4.39 Å². The van der Waals surface area contributed by atoms with Gasteiger partial charge in [-0.3, -0.25) is 4.68 Å². The molecule has 1 N–H and O–H groups in total. The Kier molecular flexibility index (Phi) is 4.60. The van der Waals surface area contributed by atoms with Crippen LogP contribution in [-0.2, 0) is 0 Å². The van der Waals surface area contributed by atoms with Gasteiger partial charge in [0.2, 0.25) is 0 Å². The summed E-state index contributed by atoms with van der Waals surface area (Å²) in [7, 11) is 1.83. The number of hydrogen-bond acceptors (Lipinski definition) is 2. The van der Waals surface area contributed by atoms with Crippen LogP contribution in [0.4, 0.5) is 4.39 Å². The normalized spacial score (nSPS) is 12.9. The van der Waals surface area contributed by atoms with Gasteiger partial charge >= 0.3 is 0 Å². The minimum atomic E-state index is -0.241. The molecule has 20 heavy (non-hydrogen) atoms. The Labute approximate surface area is 127 Å². The fourth-order valence-electron chi connectivity index (χ4n) is 2.34. The van der Waals surface area contributed by atoms with Gasteiger partial charge in [0.25, 0.3) is 0 Å². The van der Waals surface area contributed by atoms with Crippen LogP contribution in [0.2, 0.25) is 0 Å². The number of hydrogen-bond donors (Lipinski definition) is 1. The molecule has 0 aliphatic heterocycles. The summed E-state index contributed by atoms with van der Waals surface area (Å²) in [6, 6.07) is 5.28. The first-order valence-corrected chi connectivity index (χ1v) is 7.41. The van der Waals surface area contributed by atoms with Gasteiger partial charge < -0.3 is 5.32 Å². The molecule has 1 unspecified atom stereocenters. The standard InChI is InChI=1S/C15H19BrFN3/c1-9(2)20-15(12(16)8-19-20)14(18-4)11-6-5-10(3)7-13(11)17/h5-9,14,18H,1-4H3. The largest absolute Gasteiger partial charge is 0.308 e. The Balaban J connectivity index is 2.55. The van der Waals surface area contributed by atoms with Gasteiger partial charge in [-0.25, -0.2) is 4.39 Å². The van der Waals surface area contributed by atoms with E-state index in [2.05, 4.69) is 40.2 Å². The van der Waals surface area contributed by atoms with E-state index in [-0.39, 0.29) is 17.9 Å². The van der Waals surface area contributed by atoms with Gasteiger partial charge in [0.15, 0.2) is 0 Å². The molecule has 108 valence electrons.